The lowest BCUT2D eigenvalue weighted by atomic mass is 10.2. The van der Waals surface area contributed by atoms with E-state index < -0.39 is 16.6 Å². The predicted molar refractivity (Wildman–Crippen MR) is 164 cm³/mol. The molecule has 2 N–H and O–H groups in total. The molecule has 8 nitrogen and oxygen atoms in total. The monoisotopic (exact) mass is 590 g/mol. The summed E-state index contributed by atoms with van der Waals surface area (Å²) in [5, 5.41) is 18.7. The van der Waals surface area contributed by atoms with E-state index in [1.165, 1.54) is 0 Å². The first-order valence-corrected chi connectivity index (χ1v) is 19.9. The molecule has 0 radical (unpaired) electrons. The number of phenols is 1. The van der Waals surface area contributed by atoms with Crippen LogP contribution in [0.15, 0.2) is 18.2 Å². The number of hydrogen-bond donors (Lipinski definition) is 2. The van der Waals surface area contributed by atoms with Crippen LogP contribution in [0.25, 0.3) is 0 Å². The highest BCUT2D eigenvalue weighted by Crippen LogP contribution is 2.41. The van der Waals surface area contributed by atoms with Crippen molar-refractivity contribution in [3.8, 4) is 17.2 Å². The fourth-order valence-electron chi connectivity index (χ4n) is 2.54. The molecule has 1 aromatic carbocycles. The molecule has 0 aliphatic heterocycles. The van der Waals surface area contributed by atoms with Crippen molar-refractivity contribution in [2.75, 3.05) is 59.5 Å². The molecular formula is C29H58O8Si2. The van der Waals surface area contributed by atoms with Crippen molar-refractivity contribution >= 4 is 16.6 Å². The minimum absolute atomic E-state index is 0.0564. The Labute approximate surface area is 240 Å². The zero-order chi connectivity index (χ0) is 30.2. The Bertz CT molecular complexity index is 713. The number of phenolic OH excluding ortho intramolecular Hbond substituents is 1. The van der Waals surface area contributed by atoms with Crippen LogP contribution in [0, 0.1) is 0 Å². The molecule has 0 aliphatic carbocycles. The summed E-state index contributed by atoms with van der Waals surface area (Å²) < 4.78 is 33.4. The number of rotatable bonds is 17. The summed E-state index contributed by atoms with van der Waals surface area (Å²) in [7, 11) is -3.88. The minimum atomic E-state index is -1.94. The molecule has 0 aromatic heterocycles. The summed E-state index contributed by atoms with van der Waals surface area (Å²) in [6, 6.07) is 5.28. The predicted octanol–water partition coefficient (Wildman–Crippen LogP) is 6.62. The van der Waals surface area contributed by atoms with E-state index in [0.29, 0.717) is 57.7 Å². The van der Waals surface area contributed by atoms with Crippen molar-refractivity contribution < 1.29 is 38.0 Å². The topological polar surface area (TPSA) is 95.8 Å². The lowest BCUT2D eigenvalue weighted by Gasteiger charge is -2.38. The molecule has 230 valence electrons. The van der Waals surface area contributed by atoms with Crippen LogP contribution in [-0.4, -0.2) is 86.3 Å². The van der Waals surface area contributed by atoms with E-state index in [1.54, 1.807) is 12.1 Å². The first-order valence-electron chi connectivity index (χ1n) is 14.1. The molecule has 39 heavy (non-hydrogen) atoms. The van der Waals surface area contributed by atoms with Crippen LogP contribution in [0.1, 0.15) is 54.9 Å². The normalized spacial score (nSPS) is 12.6. The van der Waals surface area contributed by atoms with Gasteiger partial charge in [-0.05, 0) is 42.7 Å². The van der Waals surface area contributed by atoms with Crippen molar-refractivity contribution in [3.05, 3.63) is 18.2 Å². The zero-order valence-electron chi connectivity index (χ0n) is 26.6. The minimum Gasteiger partial charge on any atom is -0.543 e. The molecule has 0 aliphatic rings. The smallest absolute Gasteiger partial charge is 0.250 e. The molecule has 1 rings (SSSR count). The number of benzene rings is 1. The van der Waals surface area contributed by atoms with Crippen LogP contribution in [0.3, 0.4) is 0 Å². The van der Waals surface area contributed by atoms with Crippen molar-refractivity contribution in [2.45, 2.75) is 91.2 Å². The van der Waals surface area contributed by atoms with Gasteiger partial charge in [0.25, 0.3) is 0 Å². The van der Waals surface area contributed by atoms with E-state index in [1.807, 2.05) is 6.07 Å². The molecule has 0 atom stereocenters. The van der Waals surface area contributed by atoms with Gasteiger partial charge in [0.15, 0.2) is 0 Å². The number of aliphatic hydroxyl groups is 1. The van der Waals surface area contributed by atoms with Crippen LogP contribution in [0.2, 0.25) is 36.3 Å². The SMILES string of the molecule is CC(C)(C)[Si](C)(C)Oc1cc(O)cc(O[Si](C)(C)C(C)(C)C)c1.CCCOCCOCCOCCOCCO. The number of aromatic hydroxyl groups is 1. The summed E-state index contributed by atoms with van der Waals surface area (Å²) in [5.74, 6) is 1.59. The Morgan fingerprint density at radius 1 is 0.590 bits per heavy atom. The van der Waals surface area contributed by atoms with Crippen LogP contribution >= 0.6 is 0 Å². The first-order chi connectivity index (χ1) is 18.0. The van der Waals surface area contributed by atoms with Crippen LogP contribution in [-0.2, 0) is 18.9 Å². The van der Waals surface area contributed by atoms with Crippen LogP contribution in [0.5, 0.6) is 17.2 Å². The average Bonchev–Trinajstić information content (AvgIpc) is 2.78. The van der Waals surface area contributed by atoms with Gasteiger partial charge in [0, 0.05) is 24.8 Å². The Morgan fingerprint density at radius 3 is 1.23 bits per heavy atom. The summed E-state index contributed by atoms with van der Waals surface area (Å²) in [4.78, 5) is 0. The Kier molecular flexibility index (Phi) is 17.8. The van der Waals surface area contributed by atoms with Gasteiger partial charge in [0.1, 0.15) is 17.2 Å². The van der Waals surface area contributed by atoms with Crippen molar-refractivity contribution in [1.29, 1.82) is 0 Å². The maximum absolute atomic E-state index is 10.1. The Morgan fingerprint density at radius 2 is 0.923 bits per heavy atom. The van der Waals surface area contributed by atoms with E-state index >= 15 is 0 Å². The van der Waals surface area contributed by atoms with Gasteiger partial charge in [-0.1, -0.05) is 48.5 Å². The molecule has 0 fully saturated rings. The quantitative estimate of drug-likeness (QED) is 0.154. The highest BCUT2D eigenvalue weighted by Gasteiger charge is 2.40. The maximum atomic E-state index is 10.1. The number of hydrogen-bond acceptors (Lipinski definition) is 8. The van der Waals surface area contributed by atoms with Gasteiger partial charge in [0.05, 0.1) is 52.9 Å². The van der Waals surface area contributed by atoms with Crippen molar-refractivity contribution in [3.63, 3.8) is 0 Å². The fourth-order valence-corrected chi connectivity index (χ4v) is 4.57. The van der Waals surface area contributed by atoms with E-state index in [2.05, 4.69) is 74.7 Å². The van der Waals surface area contributed by atoms with Gasteiger partial charge in [-0.15, -0.1) is 0 Å². The number of ether oxygens (including phenoxy) is 4. The Balaban J connectivity index is 0.000000794. The van der Waals surface area contributed by atoms with Gasteiger partial charge in [-0.25, -0.2) is 0 Å². The maximum Gasteiger partial charge on any atom is 0.250 e. The molecule has 1 aromatic rings. The van der Waals surface area contributed by atoms with Crippen molar-refractivity contribution in [2.24, 2.45) is 0 Å². The molecule has 10 heteroatoms. The van der Waals surface area contributed by atoms with Gasteiger partial charge in [-0.2, -0.15) is 0 Å². The average molecular weight is 591 g/mol. The second-order valence-electron chi connectivity index (χ2n) is 12.6. The Hall–Kier alpha value is -1.15. The lowest BCUT2D eigenvalue weighted by molar-refractivity contribution is -0.00541. The number of aliphatic hydroxyl groups excluding tert-OH is 1. The fraction of sp³-hybridized carbons (Fsp3) is 0.793. The van der Waals surface area contributed by atoms with E-state index in [0.717, 1.165) is 13.0 Å². The van der Waals surface area contributed by atoms with Crippen molar-refractivity contribution in [1.82, 2.24) is 0 Å². The van der Waals surface area contributed by atoms with Gasteiger partial charge < -0.3 is 38.0 Å². The third kappa shape index (κ3) is 16.7. The standard InChI is InChI=1S/C18H34O3Si2.C11H24O5/c1-17(2,3)22(7,8)20-15-11-14(19)12-16(13-15)21-23(9,10)18(4,5)6;1-2-4-13-6-8-15-10-11-16-9-7-14-5-3-12/h11-13,19H,1-10H3;12H,2-11H2,1H3. The largest absolute Gasteiger partial charge is 0.543 e. The van der Waals surface area contributed by atoms with Crippen LogP contribution in [0.4, 0.5) is 0 Å². The third-order valence-electron chi connectivity index (χ3n) is 6.92. The van der Waals surface area contributed by atoms with Gasteiger partial charge in [0.2, 0.25) is 16.6 Å². The second-order valence-corrected chi connectivity index (χ2v) is 22.0. The molecule has 0 unspecified atom stereocenters. The summed E-state index contributed by atoms with van der Waals surface area (Å²) >= 11 is 0. The molecule has 0 saturated heterocycles. The molecule has 0 amide bonds. The van der Waals surface area contributed by atoms with Gasteiger partial charge >= 0.3 is 0 Å². The lowest BCUT2D eigenvalue weighted by Crippen LogP contribution is -2.44. The highest BCUT2D eigenvalue weighted by atomic mass is 28.4. The molecule has 0 saturated carbocycles. The van der Waals surface area contributed by atoms with E-state index in [-0.39, 0.29) is 22.4 Å². The van der Waals surface area contributed by atoms with Crippen LogP contribution < -0.4 is 8.85 Å². The first kappa shape index (κ1) is 37.9. The summed E-state index contributed by atoms with van der Waals surface area (Å²) in [6.07, 6.45) is 1.04. The highest BCUT2D eigenvalue weighted by molar-refractivity contribution is 6.75. The molecule has 0 spiro atoms. The summed E-state index contributed by atoms with van der Waals surface area (Å²) in [6.45, 7) is 28.8. The molecule has 0 bridgehead atoms. The molecular weight excluding hydrogens is 532 g/mol. The van der Waals surface area contributed by atoms with E-state index in [4.69, 9.17) is 32.9 Å². The third-order valence-corrected chi connectivity index (χ3v) is 15.6. The van der Waals surface area contributed by atoms with Gasteiger partial charge in [-0.3, -0.25) is 0 Å². The molecule has 0 heterocycles. The second kappa shape index (κ2) is 18.3. The van der Waals surface area contributed by atoms with E-state index in [9.17, 15) is 5.11 Å². The summed E-state index contributed by atoms with van der Waals surface area (Å²) in [5.41, 5.74) is 0. The zero-order valence-corrected chi connectivity index (χ0v) is 28.6.